The Balaban J connectivity index is 0.00000385. The number of nitrogens with zero attached hydrogens (tertiary/aromatic N) is 5. The smallest absolute Gasteiger partial charge is 0.191 e. The molecule has 0 aliphatic carbocycles. The van der Waals surface area contributed by atoms with Gasteiger partial charge in [-0.1, -0.05) is 26.0 Å². The highest BCUT2D eigenvalue weighted by Gasteiger charge is 2.22. The van der Waals surface area contributed by atoms with Gasteiger partial charge in [-0.15, -0.1) is 34.2 Å². The molecule has 33 heavy (non-hydrogen) atoms. The van der Waals surface area contributed by atoms with Crippen molar-refractivity contribution in [3.8, 4) is 5.75 Å². The summed E-state index contributed by atoms with van der Waals surface area (Å²) < 4.78 is 12.8. The summed E-state index contributed by atoms with van der Waals surface area (Å²) in [5, 5.41) is 15.4. The largest absolute Gasteiger partial charge is 0.497 e. The zero-order valence-corrected chi connectivity index (χ0v) is 22.8. The molecule has 1 fully saturated rings. The monoisotopic (exact) mass is 571 g/mol. The van der Waals surface area contributed by atoms with Crippen molar-refractivity contribution in [3.63, 3.8) is 0 Å². The molecule has 1 aliphatic heterocycles. The minimum atomic E-state index is -0.109. The van der Waals surface area contributed by atoms with E-state index in [4.69, 9.17) is 14.5 Å². The molecule has 2 aromatic rings. The SMILES string of the molecule is COc1cccc(C(C)(C)CNC(=NCc2nnc(C)n2C)NCCN2CCOCC2)c1.I. The van der Waals surface area contributed by atoms with Crippen LogP contribution in [-0.2, 0) is 23.7 Å². The van der Waals surface area contributed by atoms with Gasteiger partial charge in [0.05, 0.1) is 20.3 Å². The Labute approximate surface area is 214 Å². The molecular formula is C23H38IN7O2. The normalized spacial score (nSPS) is 15.1. The van der Waals surface area contributed by atoms with E-state index in [1.165, 1.54) is 5.56 Å². The second-order valence-electron chi connectivity index (χ2n) is 8.74. The van der Waals surface area contributed by atoms with Crippen molar-refractivity contribution in [3.05, 3.63) is 41.5 Å². The van der Waals surface area contributed by atoms with E-state index < -0.39 is 0 Å². The van der Waals surface area contributed by atoms with E-state index >= 15 is 0 Å². The molecule has 9 nitrogen and oxygen atoms in total. The molecule has 2 heterocycles. The summed E-state index contributed by atoms with van der Waals surface area (Å²) in [5.41, 5.74) is 1.10. The number of halogens is 1. The first-order valence-electron chi connectivity index (χ1n) is 11.2. The van der Waals surface area contributed by atoms with Crippen LogP contribution in [0, 0.1) is 6.92 Å². The van der Waals surface area contributed by atoms with Crippen LogP contribution in [0.3, 0.4) is 0 Å². The first-order valence-corrected chi connectivity index (χ1v) is 11.2. The van der Waals surface area contributed by atoms with Gasteiger partial charge < -0.3 is 24.7 Å². The average molecular weight is 572 g/mol. The highest BCUT2D eigenvalue weighted by molar-refractivity contribution is 14.0. The number of hydrogen-bond acceptors (Lipinski definition) is 6. The lowest BCUT2D eigenvalue weighted by atomic mass is 9.84. The van der Waals surface area contributed by atoms with Crippen LogP contribution in [0.25, 0.3) is 0 Å². The van der Waals surface area contributed by atoms with Crippen LogP contribution >= 0.6 is 24.0 Å². The van der Waals surface area contributed by atoms with Gasteiger partial charge in [-0.25, -0.2) is 4.99 Å². The second kappa shape index (κ2) is 13.1. The number of aliphatic imine (C=N–C) groups is 1. The lowest BCUT2D eigenvalue weighted by Gasteiger charge is -2.28. The van der Waals surface area contributed by atoms with Gasteiger partial charge in [0.1, 0.15) is 18.1 Å². The number of guanidine groups is 1. The molecule has 1 saturated heterocycles. The van der Waals surface area contributed by atoms with Gasteiger partial charge >= 0.3 is 0 Å². The fraction of sp³-hybridized carbons (Fsp3) is 0.609. The topological polar surface area (TPSA) is 88.8 Å². The zero-order valence-electron chi connectivity index (χ0n) is 20.4. The van der Waals surface area contributed by atoms with Gasteiger partial charge in [-0.2, -0.15) is 0 Å². The summed E-state index contributed by atoms with van der Waals surface area (Å²) in [7, 11) is 3.66. The molecule has 0 bridgehead atoms. The molecule has 0 radical (unpaired) electrons. The Morgan fingerprint density at radius 2 is 1.97 bits per heavy atom. The van der Waals surface area contributed by atoms with Crippen LogP contribution in [0.2, 0.25) is 0 Å². The van der Waals surface area contributed by atoms with Crippen molar-refractivity contribution in [1.82, 2.24) is 30.3 Å². The molecular weight excluding hydrogens is 533 g/mol. The third-order valence-electron chi connectivity index (χ3n) is 5.93. The van der Waals surface area contributed by atoms with Gasteiger partial charge in [0.15, 0.2) is 11.8 Å². The molecule has 0 amide bonds. The minimum absolute atomic E-state index is 0. The Bertz CT molecular complexity index is 895. The number of rotatable bonds is 9. The number of ether oxygens (including phenoxy) is 2. The van der Waals surface area contributed by atoms with Gasteiger partial charge in [-0.05, 0) is 24.6 Å². The second-order valence-corrected chi connectivity index (χ2v) is 8.74. The minimum Gasteiger partial charge on any atom is -0.497 e. The van der Waals surface area contributed by atoms with Crippen molar-refractivity contribution in [2.75, 3.05) is 53.0 Å². The first-order chi connectivity index (χ1) is 15.4. The maximum atomic E-state index is 5.44. The van der Waals surface area contributed by atoms with Crippen LogP contribution in [0.4, 0.5) is 0 Å². The van der Waals surface area contributed by atoms with Crippen LogP contribution in [0.5, 0.6) is 5.75 Å². The quantitative estimate of drug-likeness (QED) is 0.271. The number of nitrogens with one attached hydrogen (secondary N) is 2. The average Bonchev–Trinajstić information content (AvgIpc) is 3.13. The van der Waals surface area contributed by atoms with Crippen molar-refractivity contribution < 1.29 is 9.47 Å². The molecule has 1 aromatic heterocycles. The fourth-order valence-corrected chi connectivity index (χ4v) is 3.52. The molecule has 1 aromatic carbocycles. The van der Waals surface area contributed by atoms with E-state index in [2.05, 4.69) is 51.7 Å². The summed E-state index contributed by atoms with van der Waals surface area (Å²) in [4.78, 5) is 7.19. The lowest BCUT2D eigenvalue weighted by molar-refractivity contribution is 0.0389. The van der Waals surface area contributed by atoms with Gasteiger partial charge in [0, 0.05) is 45.2 Å². The predicted octanol–water partition coefficient (Wildman–Crippen LogP) is 2.10. The summed E-state index contributed by atoms with van der Waals surface area (Å²) >= 11 is 0. The van der Waals surface area contributed by atoms with E-state index in [-0.39, 0.29) is 29.4 Å². The van der Waals surface area contributed by atoms with E-state index in [9.17, 15) is 0 Å². The molecule has 0 spiro atoms. The number of hydrogen-bond donors (Lipinski definition) is 2. The highest BCUT2D eigenvalue weighted by Crippen LogP contribution is 2.25. The van der Waals surface area contributed by atoms with Gasteiger partial charge in [0.2, 0.25) is 0 Å². The van der Waals surface area contributed by atoms with E-state index in [1.807, 2.05) is 30.7 Å². The maximum absolute atomic E-state index is 5.44. The molecule has 0 atom stereocenters. The van der Waals surface area contributed by atoms with E-state index in [0.717, 1.165) is 69.3 Å². The maximum Gasteiger partial charge on any atom is 0.191 e. The Morgan fingerprint density at radius 1 is 1.21 bits per heavy atom. The zero-order chi connectivity index (χ0) is 23.0. The Kier molecular flexibility index (Phi) is 10.8. The molecule has 0 saturated carbocycles. The van der Waals surface area contributed by atoms with Gasteiger partial charge in [-0.3, -0.25) is 4.90 Å². The highest BCUT2D eigenvalue weighted by atomic mass is 127. The van der Waals surface area contributed by atoms with Crippen LogP contribution in [0.1, 0.15) is 31.1 Å². The van der Waals surface area contributed by atoms with Crippen molar-refractivity contribution in [2.45, 2.75) is 32.7 Å². The summed E-state index contributed by atoms with van der Waals surface area (Å²) in [6.45, 7) is 12.9. The number of benzene rings is 1. The number of morpholine rings is 1. The predicted molar refractivity (Wildman–Crippen MR) is 142 cm³/mol. The fourth-order valence-electron chi connectivity index (χ4n) is 3.52. The van der Waals surface area contributed by atoms with Crippen LogP contribution in [0.15, 0.2) is 29.3 Å². The van der Waals surface area contributed by atoms with E-state index in [0.29, 0.717) is 6.54 Å². The standard InChI is InChI=1S/C23H37N7O2.HI/c1-18-27-28-21(29(18)4)16-25-22(24-9-10-30-11-13-32-14-12-30)26-17-23(2,3)19-7-6-8-20(15-19)31-5;/h6-8,15H,9-14,16-17H2,1-5H3,(H2,24,25,26);1H. The third kappa shape index (κ3) is 8.11. The first kappa shape index (κ1) is 27.3. The molecule has 184 valence electrons. The van der Waals surface area contributed by atoms with Crippen molar-refractivity contribution >= 4 is 29.9 Å². The van der Waals surface area contributed by atoms with Crippen LogP contribution in [-0.4, -0.2) is 78.7 Å². The van der Waals surface area contributed by atoms with Crippen molar-refractivity contribution in [1.29, 1.82) is 0 Å². The summed E-state index contributed by atoms with van der Waals surface area (Å²) in [6, 6.07) is 8.22. The summed E-state index contributed by atoms with van der Waals surface area (Å²) in [5.74, 6) is 3.36. The lowest BCUT2D eigenvalue weighted by Crippen LogP contribution is -2.47. The molecule has 3 rings (SSSR count). The Morgan fingerprint density at radius 3 is 2.64 bits per heavy atom. The third-order valence-corrected chi connectivity index (χ3v) is 5.93. The number of aryl methyl sites for hydroxylation is 1. The molecule has 0 unspecified atom stereocenters. The van der Waals surface area contributed by atoms with Crippen LogP contribution < -0.4 is 15.4 Å². The molecule has 2 N–H and O–H groups in total. The Hall–Kier alpha value is -1.92. The molecule has 10 heteroatoms. The van der Waals surface area contributed by atoms with Gasteiger partial charge in [0.25, 0.3) is 0 Å². The van der Waals surface area contributed by atoms with Crippen molar-refractivity contribution in [2.24, 2.45) is 12.0 Å². The van der Waals surface area contributed by atoms with E-state index in [1.54, 1.807) is 7.11 Å². The number of methoxy groups -OCH3 is 1. The molecule has 1 aliphatic rings. The number of aromatic nitrogens is 3. The summed E-state index contributed by atoms with van der Waals surface area (Å²) in [6.07, 6.45) is 0.